The molecule has 0 radical (unpaired) electrons. The minimum absolute atomic E-state index is 0.00332. The molecule has 1 aliphatic rings. The largest absolute Gasteiger partial charge is 0.306 e. The highest BCUT2D eigenvalue weighted by molar-refractivity contribution is 9.11. The lowest BCUT2D eigenvalue weighted by molar-refractivity contribution is 0.700. The van der Waals surface area contributed by atoms with Gasteiger partial charge in [0, 0.05) is 9.75 Å². The van der Waals surface area contributed by atoms with E-state index in [0.29, 0.717) is 5.82 Å². The van der Waals surface area contributed by atoms with Gasteiger partial charge in [0.15, 0.2) is 0 Å². The molecule has 0 bridgehead atoms. The van der Waals surface area contributed by atoms with Crippen LogP contribution in [0.25, 0.3) is 22.4 Å². The number of halogens is 1. The normalized spacial score (nSPS) is 14.8. The van der Waals surface area contributed by atoms with Crippen molar-refractivity contribution >= 4 is 61.0 Å². The summed E-state index contributed by atoms with van der Waals surface area (Å²) in [6.07, 6.45) is 8.35. The maximum absolute atomic E-state index is 12.4. The van der Waals surface area contributed by atoms with Gasteiger partial charge in [0.05, 0.1) is 9.17 Å². The highest BCUT2D eigenvalue weighted by Crippen LogP contribution is 2.33. The molecule has 0 atom stereocenters. The fourth-order valence-electron chi connectivity index (χ4n) is 2.84. The molecular weight excluding hydrogens is 380 g/mol. The Hall–Kier alpha value is -1.24. The van der Waals surface area contributed by atoms with E-state index in [4.69, 9.17) is 0 Å². The highest BCUT2D eigenvalue weighted by atomic mass is 79.9. The Morgan fingerprint density at radius 1 is 1.18 bits per heavy atom. The SMILES string of the molecule is O=c1[nH]c(/C=C/c2ccc(Br)s2)nc2sc3c(c12)CCCC3. The molecule has 0 unspecified atom stereocenters. The molecule has 22 heavy (non-hydrogen) atoms. The molecule has 6 heteroatoms. The van der Waals surface area contributed by atoms with Gasteiger partial charge in [0.25, 0.3) is 5.56 Å². The average Bonchev–Trinajstić information content (AvgIpc) is 3.08. The summed E-state index contributed by atoms with van der Waals surface area (Å²) in [5.41, 5.74) is 1.23. The monoisotopic (exact) mass is 392 g/mol. The molecule has 3 aromatic rings. The summed E-state index contributed by atoms with van der Waals surface area (Å²) < 4.78 is 1.09. The van der Waals surface area contributed by atoms with Crippen LogP contribution in [0.5, 0.6) is 0 Å². The third kappa shape index (κ3) is 2.59. The molecule has 0 aromatic carbocycles. The van der Waals surface area contributed by atoms with Crippen molar-refractivity contribution in [3.05, 3.63) is 47.4 Å². The van der Waals surface area contributed by atoms with E-state index in [-0.39, 0.29) is 5.56 Å². The minimum Gasteiger partial charge on any atom is -0.306 e. The summed E-state index contributed by atoms with van der Waals surface area (Å²) in [5, 5.41) is 0.815. The van der Waals surface area contributed by atoms with E-state index in [1.807, 2.05) is 24.3 Å². The van der Waals surface area contributed by atoms with Gasteiger partial charge in [-0.1, -0.05) is 0 Å². The van der Waals surface area contributed by atoms with Crippen LogP contribution in [-0.2, 0) is 12.8 Å². The van der Waals surface area contributed by atoms with Crippen LogP contribution in [-0.4, -0.2) is 9.97 Å². The average molecular weight is 393 g/mol. The minimum atomic E-state index is -0.00332. The standard InChI is InChI=1S/C16H13BrN2OS2/c17-12-7-5-9(21-12)6-8-13-18-15(20)14-10-3-1-2-4-11(10)22-16(14)19-13/h5-8H,1-4H2,(H,18,19,20)/b8-6+. The van der Waals surface area contributed by atoms with Gasteiger partial charge >= 0.3 is 0 Å². The van der Waals surface area contributed by atoms with Gasteiger partial charge in [-0.15, -0.1) is 22.7 Å². The van der Waals surface area contributed by atoms with E-state index < -0.39 is 0 Å². The third-order valence-electron chi connectivity index (χ3n) is 3.84. The summed E-state index contributed by atoms with van der Waals surface area (Å²) in [6, 6.07) is 4.04. The van der Waals surface area contributed by atoms with E-state index >= 15 is 0 Å². The first kappa shape index (κ1) is 14.4. The second kappa shape index (κ2) is 5.76. The van der Waals surface area contributed by atoms with E-state index in [1.165, 1.54) is 23.3 Å². The topological polar surface area (TPSA) is 45.8 Å². The Bertz CT molecular complexity index is 935. The smallest absolute Gasteiger partial charge is 0.260 e. The summed E-state index contributed by atoms with van der Waals surface area (Å²) in [7, 11) is 0. The molecule has 0 saturated heterocycles. The zero-order chi connectivity index (χ0) is 15.1. The van der Waals surface area contributed by atoms with Crippen molar-refractivity contribution in [3.63, 3.8) is 0 Å². The van der Waals surface area contributed by atoms with Crippen molar-refractivity contribution in [1.29, 1.82) is 0 Å². The van der Waals surface area contributed by atoms with Crippen molar-refractivity contribution in [3.8, 4) is 0 Å². The summed E-state index contributed by atoms with van der Waals surface area (Å²) in [5.74, 6) is 0.626. The highest BCUT2D eigenvalue weighted by Gasteiger charge is 2.19. The van der Waals surface area contributed by atoms with Crippen molar-refractivity contribution in [2.45, 2.75) is 25.7 Å². The van der Waals surface area contributed by atoms with Gasteiger partial charge < -0.3 is 4.98 Å². The predicted molar refractivity (Wildman–Crippen MR) is 97.8 cm³/mol. The number of thiophene rings is 2. The molecule has 112 valence electrons. The molecule has 1 N–H and O–H groups in total. The fourth-order valence-corrected chi connectivity index (χ4v) is 5.43. The van der Waals surface area contributed by atoms with Gasteiger partial charge in [-0.2, -0.15) is 0 Å². The number of hydrogen-bond donors (Lipinski definition) is 1. The van der Waals surface area contributed by atoms with E-state index in [1.54, 1.807) is 22.7 Å². The van der Waals surface area contributed by atoms with Crippen LogP contribution < -0.4 is 5.56 Å². The first-order chi connectivity index (χ1) is 10.7. The number of H-pyrrole nitrogens is 1. The van der Waals surface area contributed by atoms with Crippen molar-refractivity contribution in [2.24, 2.45) is 0 Å². The van der Waals surface area contributed by atoms with Crippen LogP contribution in [0.3, 0.4) is 0 Å². The lowest BCUT2D eigenvalue weighted by Crippen LogP contribution is -2.11. The number of nitrogens with zero attached hydrogens (tertiary/aromatic N) is 1. The lowest BCUT2D eigenvalue weighted by atomic mass is 9.97. The molecule has 3 nitrogen and oxygen atoms in total. The Balaban J connectivity index is 1.77. The predicted octanol–water partition coefficient (Wildman–Crippen LogP) is 4.86. The van der Waals surface area contributed by atoms with E-state index in [9.17, 15) is 4.79 Å². The van der Waals surface area contributed by atoms with Crippen molar-refractivity contribution in [2.75, 3.05) is 0 Å². The Kier molecular flexibility index (Phi) is 3.76. The zero-order valence-corrected chi connectivity index (χ0v) is 14.9. The third-order valence-corrected chi connectivity index (χ3v) is 6.62. The number of nitrogens with one attached hydrogen (secondary N) is 1. The zero-order valence-electron chi connectivity index (χ0n) is 11.7. The Labute approximate surface area is 143 Å². The lowest BCUT2D eigenvalue weighted by Gasteiger charge is -2.09. The first-order valence-corrected chi connectivity index (χ1v) is 9.61. The van der Waals surface area contributed by atoms with Crippen molar-refractivity contribution in [1.82, 2.24) is 9.97 Å². The fraction of sp³-hybridized carbons (Fsp3) is 0.250. The summed E-state index contributed by atoms with van der Waals surface area (Å²) in [6.45, 7) is 0. The number of aromatic amines is 1. The summed E-state index contributed by atoms with van der Waals surface area (Å²) in [4.78, 5) is 23.3. The van der Waals surface area contributed by atoms with Crippen LogP contribution in [0.4, 0.5) is 0 Å². The van der Waals surface area contributed by atoms with Gasteiger partial charge in [0.2, 0.25) is 0 Å². The molecule has 0 saturated carbocycles. The number of fused-ring (bicyclic) bond motifs is 3. The maximum atomic E-state index is 12.4. The Morgan fingerprint density at radius 3 is 2.86 bits per heavy atom. The van der Waals surface area contributed by atoms with Crippen LogP contribution in [0.1, 0.15) is 34.0 Å². The molecular formula is C16H13BrN2OS2. The molecule has 0 amide bonds. The van der Waals surface area contributed by atoms with Crippen LogP contribution in [0.2, 0.25) is 0 Å². The molecule has 0 spiro atoms. The molecule has 1 aliphatic carbocycles. The second-order valence-corrected chi connectivity index (χ2v) is 8.90. The van der Waals surface area contributed by atoms with Crippen LogP contribution in [0.15, 0.2) is 20.7 Å². The van der Waals surface area contributed by atoms with E-state index in [2.05, 4.69) is 25.9 Å². The summed E-state index contributed by atoms with van der Waals surface area (Å²) >= 11 is 6.78. The van der Waals surface area contributed by atoms with Crippen LogP contribution in [0, 0.1) is 0 Å². The van der Waals surface area contributed by atoms with E-state index in [0.717, 1.165) is 31.7 Å². The number of aryl methyl sites for hydroxylation is 2. The second-order valence-electron chi connectivity index (χ2n) is 5.32. The molecule has 3 aromatic heterocycles. The maximum Gasteiger partial charge on any atom is 0.260 e. The van der Waals surface area contributed by atoms with Gasteiger partial charge in [-0.05, 0) is 71.5 Å². The van der Waals surface area contributed by atoms with Crippen molar-refractivity contribution < 1.29 is 0 Å². The first-order valence-electron chi connectivity index (χ1n) is 7.19. The van der Waals surface area contributed by atoms with Gasteiger partial charge in [-0.3, -0.25) is 4.79 Å². The molecule has 0 aliphatic heterocycles. The number of hydrogen-bond acceptors (Lipinski definition) is 4. The number of rotatable bonds is 2. The molecule has 4 rings (SSSR count). The Morgan fingerprint density at radius 2 is 2.05 bits per heavy atom. The van der Waals surface area contributed by atoms with Crippen LogP contribution >= 0.6 is 38.6 Å². The number of aromatic nitrogens is 2. The quantitative estimate of drug-likeness (QED) is 0.676. The molecule has 3 heterocycles. The molecule has 0 fully saturated rings. The van der Waals surface area contributed by atoms with Gasteiger partial charge in [0.1, 0.15) is 10.7 Å². The van der Waals surface area contributed by atoms with Gasteiger partial charge in [-0.25, -0.2) is 4.98 Å².